The summed E-state index contributed by atoms with van der Waals surface area (Å²) < 4.78 is 23.7. The van der Waals surface area contributed by atoms with Crippen LogP contribution in [0.5, 0.6) is 0 Å². The van der Waals surface area contributed by atoms with Crippen molar-refractivity contribution >= 4 is 29.7 Å². The molecule has 0 aliphatic carbocycles. The minimum absolute atomic E-state index is 0.0592. The van der Waals surface area contributed by atoms with Crippen LogP contribution in [0.1, 0.15) is 12.8 Å². The Hall–Kier alpha value is -0.200. The van der Waals surface area contributed by atoms with Gasteiger partial charge in [-0.05, 0) is 54.8 Å². The van der Waals surface area contributed by atoms with Gasteiger partial charge in [0, 0.05) is 6.20 Å². The van der Waals surface area contributed by atoms with E-state index in [4.69, 9.17) is 0 Å². The fourth-order valence-corrected chi connectivity index (χ4v) is 3.88. The molecule has 0 saturated carbocycles. The van der Waals surface area contributed by atoms with E-state index in [9.17, 15) is 8.42 Å². The molecule has 0 aromatic carbocycles. The molecule has 1 fully saturated rings. The van der Waals surface area contributed by atoms with Gasteiger partial charge in [-0.2, -0.15) is 0 Å². The molecule has 0 aromatic rings. The molecule has 0 spiro atoms. The Balaban J connectivity index is 2.15. The molecular formula is C9H13BrN2O2S. The van der Waals surface area contributed by atoms with E-state index in [0.717, 1.165) is 25.9 Å². The fourth-order valence-electron chi connectivity index (χ4n) is 1.97. The third-order valence-electron chi connectivity index (χ3n) is 2.95. The molecule has 0 radical (unpaired) electrons. The maximum Gasteiger partial charge on any atom is 0.228 e. The van der Waals surface area contributed by atoms with Crippen LogP contribution in [0.15, 0.2) is 16.1 Å². The highest BCUT2D eigenvalue weighted by Crippen LogP contribution is 2.33. The van der Waals surface area contributed by atoms with Gasteiger partial charge in [0.05, 0.1) is 4.91 Å². The van der Waals surface area contributed by atoms with Crippen molar-refractivity contribution in [2.45, 2.75) is 12.8 Å². The van der Waals surface area contributed by atoms with Crippen molar-refractivity contribution in [1.29, 1.82) is 0 Å². The van der Waals surface area contributed by atoms with Crippen molar-refractivity contribution in [3.8, 4) is 0 Å². The summed E-state index contributed by atoms with van der Waals surface area (Å²) in [5, 5.41) is 0. The molecule has 0 bridgehead atoms. The smallest absolute Gasteiger partial charge is 0.228 e. The number of halogens is 1. The molecular weight excluding hydrogens is 280 g/mol. The lowest BCUT2D eigenvalue weighted by Crippen LogP contribution is -2.32. The Labute approximate surface area is 98.1 Å². The summed E-state index contributed by atoms with van der Waals surface area (Å²) in [4.78, 5) is 6.54. The molecule has 2 aliphatic rings. The summed E-state index contributed by atoms with van der Waals surface area (Å²) in [6, 6.07) is 0. The molecule has 0 aromatic heterocycles. The first-order chi connectivity index (χ1) is 7.01. The van der Waals surface area contributed by atoms with Gasteiger partial charge in [0.1, 0.15) is 0 Å². The van der Waals surface area contributed by atoms with E-state index in [1.54, 1.807) is 0 Å². The average Bonchev–Trinajstić information content (AvgIpc) is 2.44. The quantitative estimate of drug-likeness (QED) is 0.733. The second-order valence-electron chi connectivity index (χ2n) is 3.99. The van der Waals surface area contributed by atoms with Crippen molar-refractivity contribution < 1.29 is 8.42 Å². The monoisotopic (exact) mass is 292 g/mol. The van der Waals surface area contributed by atoms with Crippen molar-refractivity contribution in [2.75, 3.05) is 20.1 Å². The Morgan fingerprint density at radius 3 is 2.53 bits per heavy atom. The van der Waals surface area contributed by atoms with Gasteiger partial charge in [-0.15, -0.1) is 0 Å². The number of rotatable bonds is 1. The Morgan fingerprint density at radius 2 is 2.07 bits per heavy atom. The first-order valence-corrected chi connectivity index (χ1v) is 7.16. The van der Waals surface area contributed by atoms with E-state index in [0.29, 0.717) is 4.91 Å². The zero-order chi connectivity index (χ0) is 11.1. The number of piperidine rings is 1. The lowest BCUT2D eigenvalue weighted by molar-refractivity contribution is 0.241. The number of hydrogen-bond acceptors (Lipinski definition) is 4. The number of likely N-dealkylation sites (tertiary alicyclic amines) is 1. The van der Waals surface area contributed by atoms with Gasteiger partial charge >= 0.3 is 0 Å². The van der Waals surface area contributed by atoms with E-state index in [1.165, 1.54) is 6.20 Å². The van der Waals surface area contributed by atoms with E-state index >= 15 is 0 Å². The zero-order valence-electron chi connectivity index (χ0n) is 8.48. The van der Waals surface area contributed by atoms with E-state index in [-0.39, 0.29) is 9.87 Å². The molecule has 15 heavy (non-hydrogen) atoms. The second kappa shape index (κ2) is 3.99. The largest absolute Gasteiger partial charge is 0.306 e. The van der Waals surface area contributed by atoms with Gasteiger partial charge in [-0.25, -0.2) is 13.4 Å². The number of allylic oxidation sites excluding steroid dienone is 1. The van der Waals surface area contributed by atoms with Crippen LogP contribution in [0, 0.1) is 5.92 Å². The average molecular weight is 293 g/mol. The maximum atomic E-state index is 11.8. The standard InChI is InChI=1S/C9H13BrN2O2S/c1-12-4-2-7(3-5-12)8-6-11-9(10)15(8,13)14/h6-7H,2-5H2,1H3. The van der Waals surface area contributed by atoms with Crippen molar-refractivity contribution in [3.05, 3.63) is 11.1 Å². The topological polar surface area (TPSA) is 49.7 Å². The number of nitrogens with zero attached hydrogens (tertiary/aromatic N) is 2. The van der Waals surface area contributed by atoms with Crippen LogP contribution in [0.2, 0.25) is 0 Å². The second-order valence-corrected chi connectivity index (χ2v) is 7.14. The van der Waals surface area contributed by atoms with Crippen molar-refractivity contribution in [3.63, 3.8) is 0 Å². The summed E-state index contributed by atoms with van der Waals surface area (Å²) in [7, 11) is -1.22. The van der Waals surface area contributed by atoms with Crippen LogP contribution in [0.3, 0.4) is 0 Å². The predicted molar refractivity (Wildman–Crippen MR) is 63.6 cm³/mol. The number of hydrogen-bond donors (Lipinski definition) is 0. The minimum atomic E-state index is -3.27. The Bertz CT molecular complexity index is 419. The molecule has 0 N–H and O–H groups in total. The molecule has 0 atom stereocenters. The summed E-state index contributed by atoms with van der Waals surface area (Å²) in [6.45, 7) is 1.91. The van der Waals surface area contributed by atoms with Crippen molar-refractivity contribution in [2.24, 2.45) is 10.9 Å². The van der Waals surface area contributed by atoms with Crippen molar-refractivity contribution in [1.82, 2.24) is 4.90 Å². The van der Waals surface area contributed by atoms with Crippen LogP contribution < -0.4 is 0 Å². The molecule has 84 valence electrons. The SMILES string of the molecule is CN1CCC(C2=CN=C(Br)S2(=O)=O)CC1. The normalized spacial score (nSPS) is 27.6. The van der Waals surface area contributed by atoms with Gasteiger partial charge in [-0.3, -0.25) is 0 Å². The Morgan fingerprint density at radius 1 is 1.47 bits per heavy atom. The lowest BCUT2D eigenvalue weighted by Gasteiger charge is -2.28. The molecule has 1 saturated heterocycles. The third-order valence-corrected chi connectivity index (χ3v) is 6.04. The van der Waals surface area contributed by atoms with Crippen LogP contribution in [0.4, 0.5) is 0 Å². The van der Waals surface area contributed by atoms with E-state index < -0.39 is 9.84 Å². The highest BCUT2D eigenvalue weighted by molar-refractivity contribution is 9.21. The molecule has 0 unspecified atom stereocenters. The first-order valence-electron chi connectivity index (χ1n) is 4.89. The van der Waals surface area contributed by atoms with Gasteiger partial charge in [-0.1, -0.05) is 0 Å². The molecule has 6 heteroatoms. The number of aliphatic imine (C=N–C) groups is 1. The highest BCUT2D eigenvalue weighted by Gasteiger charge is 2.34. The predicted octanol–water partition coefficient (Wildman–Crippen LogP) is 1.35. The first kappa shape index (κ1) is 11.3. The summed E-state index contributed by atoms with van der Waals surface area (Å²) in [6.07, 6.45) is 3.30. The third kappa shape index (κ3) is 2.03. The van der Waals surface area contributed by atoms with Gasteiger partial charge in [0.15, 0.2) is 0 Å². The molecule has 2 aliphatic heterocycles. The van der Waals surface area contributed by atoms with Gasteiger partial charge in [0.2, 0.25) is 13.8 Å². The summed E-state index contributed by atoms with van der Waals surface area (Å²) in [5.41, 5.74) is 0. The Kier molecular flexibility index (Phi) is 3.00. The van der Waals surface area contributed by atoms with Crippen LogP contribution in [0.25, 0.3) is 0 Å². The maximum absolute atomic E-state index is 11.8. The zero-order valence-corrected chi connectivity index (χ0v) is 10.9. The minimum Gasteiger partial charge on any atom is -0.306 e. The fraction of sp³-hybridized carbons (Fsp3) is 0.667. The molecule has 4 nitrogen and oxygen atoms in total. The molecule has 2 heterocycles. The summed E-state index contributed by atoms with van der Waals surface area (Å²) >= 11 is 2.98. The van der Waals surface area contributed by atoms with Crippen LogP contribution in [-0.4, -0.2) is 37.4 Å². The van der Waals surface area contributed by atoms with Gasteiger partial charge < -0.3 is 4.90 Å². The van der Waals surface area contributed by atoms with Crippen LogP contribution >= 0.6 is 15.9 Å². The number of sulfone groups is 1. The lowest BCUT2D eigenvalue weighted by atomic mass is 9.97. The molecule has 0 amide bonds. The van der Waals surface area contributed by atoms with E-state index in [2.05, 4.69) is 32.9 Å². The van der Waals surface area contributed by atoms with Crippen LogP contribution in [-0.2, 0) is 9.84 Å². The van der Waals surface area contributed by atoms with E-state index in [1.807, 2.05) is 0 Å². The van der Waals surface area contributed by atoms with Gasteiger partial charge in [0.25, 0.3) is 0 Å². The molecule has 2 rings (SSSR count). The highest BCUT2D eigenvalue weighted by atomic mass is 79.9. The summed E-state index contributed by atoms with van der Waals surface area (Å²) in [5.74, 6) is 0.144.